The SMILES string of the molecule is CCCCCS(=O)(=O)N=C=O.CCCCCS(=O)(=O)N=C=O. The zero-order valence-corrected chi connectivity index (χ0v) is 14.5. The van der Waals surface area contributed by atoms with Crippen LogP contribution in [0.25, 0.3) is 0 Å². The summed E-state index contributed by atoms with van der Waals surface area (Å²) in [6.07, 6.45) is 6.73. The van der Waals surface area contributed by atoms with Gasteiger partial charge < -0.3 is 0 Å². The molecule has 0 rings (SSSR count). The first-order valence-corrected chi connectivity index (χ1v) is 10.1. The van der Waals surface area contributed by atoms with Crippen molar-refractivity contribution in [1.82, 2.24) is 0 Å². The maximum absolute atomic E-state index is 10.7. The molecule has 0 saturated heterocycles. The molecule has 0 bridgehead atoms. The van der Waals surface area contributed by atoms with Gasteiger partial charge >= 0.3 is 0 Å². The highest BCUT2D eigenvalue weighted by atomic mass is 32.2. The zero-order chi connectivity index (χ0) is 17.5. The lowest BCUT2D eigenvalue weighted by atomic mass is 10.3. The van der Waals surface area contributed by atoms with Crippen molar-refractivity contribution in [2.24, 2.45) is 8.80 Å². The number of hydrogen-bond donors (Lipinski definition) is 0. The quantitative estimate of drug-likeness (QED) is 0.333. The maximum atomic E-state index is 10.7. The van der Waals surface area contributed by atoms with Crippen LogP contribution in [-0.4, -0.2) is 40.5 Å². The van der Waals surface area contributed by atoms with Crippen molar-refractivity contribution < 1.29 is 26.4 Å². The van der Waals surface area contributed by atoms with Crippen molar-refractivity contribution >= 4 is 32.2 Å². The lowest BCUT2D eigenvalue weighted by molar-refractivity contribution is 0.561. The van der Waals surface area contributed by atoms with Gasteiger partial charge in [0.15, 0.2) is 0 Å². The average Bonchev–Trinajstić information content (AvgIpc) is 2.39. The van der Waals surface area contributed by atoms with Gasteiger partial charge in [-0.25, -0.2) is 26.4 Å². The number of nitrogens with zero attached hydrogens (tertiary/aromatic N) is 2. The highest BCUT2D eigenvalue weighted by Crippen LogP contribution is 2.00. The van der Waals surface area contributed by atoms with E-state index in [1.54, 1.807) is 0 Å². The van der Waals surface area contributed by atoms with E-state index >= 15 is 0 Å². The molecule has 0 fully saturated rings. The van der Waals surface area contributed by atoms with Crippen LogP contribution >= 0.6 is 0 Å². The molecule has 0 radical (unpaired) electrons. The van der Waals surface area contributed by atoms with E-state index in [0.29, 0.717) is 12.8 Å². The zero-order valence-electron chi connectivity index (χ0n) is 12.8. The first-order valence-electron chi connectivity index (χ1n) is 6.88. The Morgan fingerprint density at radius 1 is 0.682 bits per heavy atom. The summed E-state index contributed by atoms with van der Waals surface area (Å²) in [7, 11) is -7.00. The average molecular weight is 354 g/mol. The van der Waals surface area contributed by atoms with E-state index in [0.717, 1.165) is 37.8 Å². The van der Waals surface area contributed by atoms with E-state index in [2.05, 4.69) is 8.80 Å². The number of isocyanates is 2. The third kappa shape index (κ3) is 16.7. The van der Waals surface area contributed by atoms with Gasteiger partial charge in [-0.1, -0.05) is 48.3 Å². The van der Waals surface area contributed by atoms with Crippen molar-refractivity contribution in [1.29, 1.82) is 0 Å². The monoisotopic (exact) mass is 354 g/mol. The summed E-state index contributed by atoms with van der Waals surface area (Å²) in [6, 6.07) is 0. The van der Waals surface area contributed by atoms with Gasteiger partial charge in [0.05, 0.1) is 11.5 Å². The van der Waals surface area contributed by atoms with Gasteiger partial charge in [-0.15, -0.1) is 0 Å². The van der Waals surface area contributed by atoms with Gasteiger partial charge in [0.1, 0.15) is 0 Å². The van der Waals surface area contributed by atoms with Crippen molar-refractivity contribution in [2.75, 3.05) is 11.5 Å². The Balaban J connectivity index is 0. The van der Waals surface area contributed by atoms with Crippen molar-refractivity contribution in [2.45, 2.75) is 52.4 Å². The van der Waals surface area contributed by atoms with Crippen LogP contribution in [0.5, 0.6) is 0 Å². The van der Waals surface area contributed by atoms with Crippen molar-refractivity contribution in [3.63, 3.8) is 0 Å². The fourth-order valence-corrected chi connectivity index (χ4v) is 2.82. The van der Waals surface area contributed by atoms with E-state index in [9.17, 15) is 26.4 Å². The lowest BCUT2D eigenvalue weighted by Gasteiger charge is -1.93. The molecule has 0 aromatic carbocycles. The molecule has 0 heterocycles. The molecule has 10 heteroatoms. The molecule has 8 nitrogen and oxygen atoms in total. The van der Waals surface area contributed by atoms with Gasteiger partial charge in [-0.05, 0) is 12.8 Å². The van der Waals surface area contributed by atoms with Crippen LogP contribution in [-0.2, 0) is 29.6 Å². The molecule has 0 N–H and O–H groups in total. The molecule has 0 unspecified atom stereocenters. The number of unbranched alkanes of at least 4 members (excludes halogenated alkanes) is 4. The summed E-state index contributed by atoms with van der Waals surface area (Å²) in [4.78, 5) is 19.2. The summed E-state index contributed by atoms with van der Waals surface area (Å²) in [6.45, 7) is 3.94. The normalized spacial score (nSPS) is 10.6. The largest absolute Gasteiger partial charge is 0.263 e. The van der Waals surface area contributed by atoms with E-state index < -0.39 is 20.0 Å². The fourth-order valence-electron chi connectivity index (χ4n) is 1.27. The summed E-state index contributed by atoms with van der Waals surface area (Å²) in [5, 5.41) is 0. The third-order valence-corrected chi connectivity index (χ3v) is 4.68. The lowest BCUT2D eigenvalue weighted by Crippen LogP contribution is -2.01. The number of sulfonamides is 2. The Morgan fingerprint density at radius 2 is 1.00 bits per heavy atom. The van der Waals surface area contributed by atoms with Gasteiger partial charge in [0.25, 0.3) is 32.2 Å². The van der Waals surface area contributed by atoms with Crippen LogP contribution < -0.4 is 0 Å². The summed E-state index contributed by atoms with van der Waals surface area (Å²) >= 11 is 0. The number of rotatable bonds is 10. The molecule has 22 heavy (non-hydrogen) atoms. The first kappa shape index (κ1) is 22.9. The first-order chi connectivity index (χ1) is 10.2. The predicted octanol–water partition coefficient (Wildman–Crippen LogP) is 1.68. The van der Waals surface area contributed by atoms with Crippen LogP contribution in [0, 0.1) is 0 Å². The second-order valence-corrected chi connectivity index (χ2v) is 7.86. The predicted molar refractivity (Wildman–Crippen MR) is 82.9 cm³/mol. The fraction of sp³-hybridized carbons (Fsp3) is 0.833. The Morgan fingerprint density at radius 3 is 1.23 bits per heavy atom. The second-order valence-electron chi connectivity index (χ2n) is 4.35. The Kier molecular flexibility index (Phi) is 13.9. The van der Waals surface area contributed by atoms with E-state index in [1.807, 2.05) is 13.8 Å². The minimum absolute atomic E-state index is 0.0456. The van der Waals surface area contributed by atoms with Gasteiger partial charge in [-0.3, -0.25) is 0 Å². The minimum Gasteiger partial charge on any atom is -0.210 e. The van der Waals surface area contributed by atoms with Crippen LogP contribution in [0.3, 0.4) is 0 Å². The minimum atomic E-state index is -3.50. The molecular formula is C12H22N2O6S2. The molecule has 0 atom stereocenters. The Hall–Kier alpha value is -1.34. The summed E-state index contributed by atoms with van der Waals surface area (Å²) < 4.78 is 48.1. The van der Waals surface area contributed by atoms with Crippen LogP contribution in [0.15, 0.2) is 8.80 Å². The summed E-state index contributed by atoms with van der Waals surface area (Å²) in [5.74, 6) is -0.0911. The molecule has 0 aromatic heterocycles. The smallest absolute Gasteiger partial charge is 0.210 e. The Bertz CT molecular complexity index is 531. The van der Waals surface area contributed by atoms with E-state index in [4.69, 9.17) is 0 Å². The topological polar surface area (TPSA) is 127 Å². The van der Waals surface area contributed by atoms with Crippen LogP contribution in [0.2, 0.25) is 0 Å². The Labute approximate surface area is 131 Å². The molecule has 128 valence electrons. The molecule has 0 aromatic rings. The number of hydrogen-bond acceptors (Lipinski definition) is 6. The van der Waals surface area contributed by atoms with Gasteiger partial charge in [0, 0.05) is 0 Å². The molecule has 0 saturated carbocycles. The van der Waals surface area contributed by atoms with Crippen LogP contribution in [0.1, 0.15) is 52.4 Å². The number of carbonyl (C=O) groups excluding carboxylic acids is 2. The van der Waals surface area contributed by atoms with Gasteiger partial charge in [0.2, 0.25) is 0 Å². The molecular weight excluding hydrogens is 332 g/mol. The van der Waals surface area contributed by atoms with E-state index in [1.165, 1.54) is 0 Å². The third-order valence-electron chi connectivity index (χ3n) is 2.36. The summed E-state index contributed by atoms with van der Waals surface area (Å²) in [5.41, 5.74) is 0. The highest BCUT2D eigenvalue weighted by Gasteiger charge is 2.06. The molecule has 0 aliphatic heterocycles. The molecule has 0 spiro atoms. The van der Waals surface area contributed by atoms with E-state index in [-0.39, 0.29) is 11.5 Å². The molecule has 0 aliphatic rings. The highest BCUT2D eigenvalue weighted by molar-refractivity contribution is 7.90. The van der Waals surface area contributed by atoms with Crippen molar-refractivity contribution in [3.8, 4) is 0 Å². The van der Waals surface area contributed by atoms with Crippen molar-refractivity contribution in [3.05, 3.63) is 0 Å². The van der Waals surface area contributed by atoms with Crippen LogP contribution in [0.4, 0.5) is 0 Å². The second kappa shape index (κ2) is 13.3. The maximum Gasteiger partial charge on any atom is 0.263 e. The molecule has 0 amide bonds. The molecule has 0 aliphatic carbocycles. The van der Waals surface area contributed by atoms with Gasteiger partial charge in [-0.2, -0.15) is 0 Å². The standard InChI is InChI=1S/2C6H11NO3S/c2*1-2-3-4-5-11(9,10)7-6-8/h2*2-5H2,1H3.